The van der Waals surface area contributed by atoms with E-state index >= 15 is 0 Å². The summed E-state index contributed by atoms with van der Waals surface area (Å²) in [5.41, 5.74) is 1.29. The van der Waals surface area contributed by atoms with Gasteiger partial charge >= 0.3 is 6.18 Å². The fourth-order valence-electron chi connectivity index (χ4n) is 3.61. The molecule has 0 amide bonds. The zero-order chi connectivity index (χ0) is 23.6. The van der Waals surface area contributed by atoms with E-state index in [1.54, 1.807) is 0 Å². The van der Waals surface area contributed by atoms with E-state index in [-0.39, 0.29) is 17.5 Å². The molecular formula is C23H25F3N4O3. The number of rotatable bonds is 7. The fourth-order valence-corrected chi connectivity index (χ4v) is 3.61. The highest BCUT2D eigenvalue weighted by atomic mass is 19.4. The van der Waals surface area contributed by atoms with Crippen molar-refractivity contribution in [2.24, 2.45) is 0 Å². The van der Waals surface area contributed by atoms with Gasteiger partial charge in [-0.3, -0.25) is 10.1 Å². The summed E-state index contributed by atoms with van der Waals surface area (Å²) in [6.07, 6.45) is -2.32. The third-order valence-electron chi connectivity index (χ3n) is 5.21. The Bertz CT molecular complexity index is 1110. The molecule has 0 bridgehead atoms. The molecule has 1 aliphatic heterocycles. The van der Waals surface area contributed by atoms with Crippen LogP contribution in [-0.4, -0.2) is 45.3 Å². The van der Waals surface area contributed by atoms with Gasteiger partial charge in [0.05, 0.1) is 6.61 Å². The van der Waals surface area contributed by atoms with Crippen LogP contribution < -0.4 is 4.74 Å². The number of aromatic amines is 1. The normalized spacial score (nSPS) is 17.9. The topological polar surface area (TPSA) is 82.2 Å². The Morgan fingerprint density at radius 1 is 1.21 bits per heavy atom. The van der Waals surface area contributed by atoms with Gasteiger partial charge in [-0.05, 0) is 49.6 Å². The molecule has 4 rings (SSSR count). The molecule has 0 saturated carbocycles. The summed E-state index contributed by atoms with van der Waals surface area (Å²) < 4.78 is 56.1. The van der Waals surface area contributed by atoms with Crippen LogP contribution in [0.4, 0.5) is 13.2 Å². The minimum atomic E-state index is -4.53. The van der Waals surface area contributed by atoms with Gasteiger partial charge in [-0.1, -0.05) is 19.1 Å². The second-order valence-corrected chi connectivity index (χ2v) is 8.27. The quantitative estimate of drug-likeness (QED) is 0.554. The lowest BCUT2D eigenvalue weighted by molar-refractivity contribution is -0.141. The highest BCUT2D eigenvalue weighted by Gasteiger charge is 2.33. The Kier molecular flexibility index (Phi) is 6.40. The number of hydrogen-bond acceptors (Lipinski definition) is 6. The molecule has 1 saturated heterocycles. The number of hydrogen-bond donors (Lipinski definition) is 1. The molecule has 2 aromatic heterocycles. The summed E-state index contributed by atoms with van der Waals surface area (Å²) in [5.74, 6) is 0.927. The first kappa shape index (κ1) is 23.2. The fraction of sp³-hybridized carbons (Fsp3) is 0.435. The first-order chi connectivity index (χ1) is 15.6. The Labute approximate surface area is 189 Å². The van der Waals surface area contributed by atoms with Gasteiger partial charge in [-0.15, -0.1) is 0 Å². The summed E-state index contributed by atoms with van der Waals surface area (Å²) in [6, 6.07) is 8.26. The second-order valence-electron chi connectivity index (χ2n) is 8.27. The molecular weight excluding hydrogens is 437 g/mol. The monoisotopic (exact) mass is 462 g/mol. The number of aryl methyl sites for hydroxylation is 1. The highest BCUT2D eigenvalue weighted by Crippen LogP contribution is 2.30. The Morgan fingerprint density at radius 2 is 2.03 bits per heavy atom. The van der Waals surface area contributed by atoms with Crippen molar-refractivity contribution >= 4 is 0 Å². The molecule has 7 nitrogen and oxygen atoms in total. The number of nitrogens with zero attached hydrogens (tertiary/aromatic N) is 3. The van der Waals surface area contributed by atoms with Gasteiger partial charge in [-0.2, -0.15) is 18.3 Å². The molecule has 0 aliphatic carbocycles. The van der Waals surface area contributed by atoms with E-state index in [1.807, 2.05) is 39.0 Å². The summed E-state index contributed by atoms with van der Waals surface area (Å²) in [4.78, 5) is 7.72. The zero-order valence-electron chi connectivity index (χ0n) is 18.6. The molecule has 1 N–H and O–H groups in total. The maximum absolute atomic E-state index is 12.9. The van der Waals surface area contributed by atoms with E-state index in [4.69, 9.17) is 14.2 Å². The van der Waals surface area contributed by atoms with Crippen LogP contribution in [0.1, 0.15) is 43.4 Å². The van der Waals surface area contributed by atoms with Crippen LogP contribution in [0.2, 0.25) is 0 Å². The van der Waals surface area contributed by atoms with Crippen LogP contribution in [0.25, 0.3) is 11.4 Å². The molecule has 1 aliphatic rings. The van der Waals surface area contributed by atoms with Crippen LogP contribution in [0.3, 0.4) is 0 Å². The number of benzene rings is 1. The lowest BCUT2D eigenvalue weighted by Gasteiger charge is -2.18. The number of alkyl halides is 3. The van der Waals surface area contributed by atoms with Gasteiger partial charge in [0.15, 0.2) is 11.6 Å². The molecule has 1 atom stereocenters. The van der Waals surface area contributed by atoms with Gasteiger partial charge in [0, 0.05) is 18.2 Å². The average Bonchev–Trinajstić information content (AvgIpc) is 3.38. The molecule has 3 aromatic rings. The van der Waals surface area contributed by atoms with Crippen molar-refractivity contribution < 1.29 is 27.4 Å². The number of pyridine rings is 1. The molecule has 176 valence electrons. The number of aromatic nitrogens is 4. The minimum absolute atomic E-state index is 0.122. The Hall–Kier alpha value is -2.98. The van der Waals surface area contributed by atoms with Crippen molar-refractivity contribution in [2.45, 2.75) is 51.7 Å². The van der Waals surface area contributed by atoms with Crippen molar-refractivity contribution in [3.05, 3.63) is 59.2 Å². The first-order valence-electron chi connectivity index (χ1n) is 10.6. The highest BCUT2D eigenvalue weighted by molar-refractivity contribution is 5.54. The largest absolute Gasteiger partial charge is 0.491 e. The van der Waals surface area contributed by atoms with E-state index in [1.165, 1.54) is 6.07 Å². The predicted octanol–water partition coefficient (Wildman–Crippen LogP) is 4.57. The van der Waals surface area contributed by atoms with Crippen LogP contribution in [0, 0.1) is 0 Å². The third-order valence-corrected chi connectivity index (χ3v) is 5.21. The number of ether oxygens (including phenoxy) is 3. The van der Waals surface area contributed by atoms with Crippen molar-refractivity contribution in [1.29, 1.82) is 0 Å². The molecule has 0 spiro atoms. The molecule has 1 fully saturated rings. The third kappa shape index (κ3) is 5.69. The maximum atomic E-state index is 12.9. The number of nitrogens with one attached hydrogen (secondary N) is 1. The molecule has 10 heteroatoms. The molecule has 33 heavy (non-hydrogen) atoms. The van der Waals surface area contributed by atoms with Crippen LogP contribution in [0.15, 0.2) is 36.5 Å². The standard InChI is InChI=1S/C23H25F3N4O3/c1-4-15-9-14(5-6-18(15)31-12-17-13-32-22(2,3)33-17)10-20-28-21(30-29-20)16-7-8-27-19(11-16)23(24,25)26/h5-9,11,17H,4,10,12-13H2,1-3H3,(H,28,29,30)/t17-/m1/s1. The van der Waals surface area contributed by atoms with E-state index in [2.05, 4.69) is 20.2 Å². The summed E-state index contributed by atoms with van der Waals surface area (Å²) in [5, 5.41) is 6.88. The van der Waals surface area contributed by atoms with Gasteiger partial charge in [0.1, 0.15) is 30.0 Å². The van der Waals surface area contributed by atoms with Gasteiger partial charge in [0.25, 0.3) is 0 Å². The average molecular weight is 462 g/mol. The SMILES string of the molecule is CCc1cc(Cc2nc(-c3ccnc(C(F)(F)F)c3)n[nH]2)ccc1OC[C@@H]1COC(C)(C)O1. The summed E-state index contributed by atoms with van der Waals surface area (Å²) >= 11 is 0. The van der Waals surface area contributed by atoms with Crippen LogP contribution in [-0.2, 0) is 28.5 Å². The maximum Gasteiger partial charge on any atom is 0.433 e. The predicted molar refractivity (Wildman–Crippen MR) is 114 cm³/mol. The lowest BCUT2D eigenvalue weighted by Crippen LogP contribution is -2.25. The van der Waals surface area contributed by atoms with Crippen LogP contribution in [0.5, 0.6) is 5.75 Å². The number of H-pyrrole nitrogens is 1. The summed E-state index contributed by atoms with van der Waals surface area (Å²) in [6.45, 7) is 6.67. The van der Waals surface area contributed by atoms with Gasteiger partial charge < -0.3 is 14.2 Å². The van der Waals surface area contributed by atoms with Crippen molar-refractivity contribution in [3.8, 4) is 17.1 Å². The summed E-state index contributed by atoms with van der Waals surface area (Å²) in [7, 11) is 0. The second kappa shape index (κ2) is 9.11. The van der Waals surface area contributed by atoms with Gasteiger partial charge in [-0.25, -0.2) is 4.98 Å². The first-order valence-corrected chi connectivity index (χ1v) is 10.6. The van der Waals surface area contributed by atoms with Crippen molar-refractivity contribution in [1.82, 2.24) is 20.2 Å². The molecule has 0 radical (unpaired) electrons. The van der Waals surface area contributed by atoms with Crippen LogP contribution >= 0.6 is 0 Å². The molecule has 0 unspecified atom stereocenters. The van der Waals surface area contributed by atoms with E-state index in [0.717, 1.165) is 35.6 Å². The number of halogens is 3. The Morgan fingerprint density at radius 3 is 2.73 bits per heavy atom. The van der Waals surface area contributed by atoms with Gasteiger partial charge in [0.2, 0.25) is 0 Å². The van der Waals surface area contributed by atoms with E-state index in [9.17, 15) is 13.2 Å². The smallest absolute Gasteiger partial charge is 0.433 e. The molecule has 3 heterocycles. The zero-order valence-corrected chi connectivity index (χ0v) is 18.6. The van der Waals surface area contributed by atoms with E-state index in [0.29, 0.717) is 25.5 Å². The Balaban J connectivity index is 1.43. The molecule has 1 aromatic carbocycles. The van der Waals surface area contributed by atoms with Crippen molar-refractivity contribution in [2.75, 3.05) is 13.2 Å². The lowest BCUT2D eigenvalue weighted by atomic mass is 10.0. The van der Waals surface area contributed by atoms with Crippen molar-refractivity contribution in [3.63, 3.8) is 0 Å². The minimum Gasteiger partial charge on any atom is -0.491 e. The van der Waals surface area contributed by atoms with E-state index < -0.39 is 17.7 Å².